The van der Waals surface area contributed by atoms with Crippen molar-refractivity contribution < 1.29 is 39.7 Å². The number of hydrogen-bond donors (Lipinski definition) is 2. The van der Waals surface area contributed by atoms with Crippen LogP contribution in [0.3, 0.4) is 0 Å². The summed E-state index contributed by atoms with van der Waals surface area (Å²) in [6.45, 7) is 2.20. The molecule has 0 fully saturated rings. The summed E-state index contributed by atoms with van der Waals surface area (Å²) < 4.78 is 15.0. The van der Waals surface area contributed by atoms with Gasteiger partial charge in [-0.25, -0.2) is 4.98 Å². The van der Waals surface area contributed by atoms with Crippen LogP contribution >= 0.6 is 95.6 Å². The van der Waals surface area contributed by atoms with E-state index in [0.29, 0.717) is 22.2 Å². The minimum Gasteiger partial charge on any atom is -0.457 e. The number of esters is 1. The van der Waals surface area contributed by atoms with Crippen molar-refractivity contribution in [3.05, 3.63) is 233 Å². The minimum atomic E-state index is -0.454. The molecule has 400 valence electrons. The zero-order valence-electron chi connectivity index (χ0n) is 42.1. The zero-order valence-corrected chi connectivity index (χ0v) is 51.6. The Morgan fingerprint density at radius 1 is 0.494 bits per heavy atom. The number of ketones is 4. The van der Waals surface area contributed by atoms with E-state index in [2.05, 4.69) is 119 Å². The molecule has 0 spiro atoms. The Hall–Kier alpha value is -6.50. The fourth-order valence-electron chi connectivity index (χ4n) is 8.29. The van der Waals surface area contributed by atoms with Crippen LogP contribution in [-0.4, -0.2) is 57.7 Å². The van der Waals surface area contributed by atoms with E-state index in [9.17, 15) is 24.0 Å². The molecular formula is C63H48Br6N2O8. The van der Waals surface area contributed by atoms with Crippen molar-refractivity contribution in [1.82, 2.24) is 4.98 Å². The van der Waals surface area contributed by atoms with Gasteiger partial charge in [0.2, 0.25) is 5.78 Å². The summed E-state index contributed by atoms with van der Waals surface area (Å²) in [7, 11) is 0. The number of aliphatic hydroxyl groups is 1. The maximum atomic E-state index is 12.0. The number of alkyl halides is 1. The Labute approximate surface area is 507 Å². The fourth-order valence-corrected chi connectivity index (χ4v) is 10.4. The number of nitrogens with two attached hydrogens (primary N) is 1. The predicted octanol–water partition coefficient (Wildman–Crippen LogP) is 18.2. The molecular weight excluding hydrogens is 1390 g/mol. The van der Waals surface area contributed by atoms with Crippen LogP contribution in [0.2, 0.25) is 0 Å². The molecule has 0 saturated carbocycles. The molecule has 0 radical (unpaired) electrons. The van der Waals surface area contributed by atoms with E-state index < -0.39 is 12.6 Å². The van der Waals surface area contributed by atoms with Crippen LogP contribution in [-0.2, 0) is 9.53 Å². The highest BCUT2D eigenvalue weighted by Crippen LogP contribution is 2.32. The summed E-state index contributed by atoms with van der Waals surface area (Å²) in [5, 5.41) is 19.4. The lowest BCUT2D eigenvalue weighted by Gasteiger charge is -2.06. The van der Waals surface area contributed by atoms with Crippen LogP contribution in [0.15, 0.2) is 215 Å². The van der Waals surface area contributed by atoms with Gasteiger partial charge in [0.25, 0.3) is 6.01 Å². The average molecular weight is 1440 g/mol. The smallest absolute Gasteiger partial charge is 0.303 e. The summed E-state index contributed by atoms with van der Waals surface area (Å²) >= 11 is 20.2. The number of carbonyl (C=O) groups is 5. The number of nitrogens with zero attached hydrogens (tertiary/aromatic N) is 1. The van der Waals surface area contributed by atoms with Gasteiger partial charge in [-0.3, -0.25) is 24.0 Å². The minimum absolute atomic E-state index is 0. The highest BCUT2D eigenvalue weighted by atomic mass is 79.9. The van der Waals surface area contributed by atoms with Crippen molar-refractivity contribution in [3.63, 3.8) is 0 Å². The van der Waals surface area contributed by atoms with E-state index in [-0.39, 0.29) is 37.2 Å². The number of aromatic nitrogens is 1. The highest BCUT2D eigenvalue weighted by molar-refractivity contribution is 9.11. The van der Waals surface area contributed by atoms with Gasteiger partial charge in [-0.15, -0.1) is 0 Å². The maximum Gasteiger partial charge on any atom is 0.303 e. The van der Waals surface area contributed by atoms with Gasteiger partial charge in [0.15, 0.2) is 29.7 Å². The number of aliphatic hydroxyl groups excluding tert-OH is 1. The van der Waals surface area contributed by atoms with Gasteiger partial charge in [0.1, 0.15) is 6.61 Å². The first-order valence-corrected chi connectivity index (χ1v) is 29.1. The maximum absolute atomic E-state index is 12.0. The van der Waals surface area contributed by atoms with E-state index in [1.54, 1.807) is 25.3 Å². The van der Waals surface area contributed by atoms with Crippen LogP contribution < -0.4 is 5.73 Å². The predicted molar refractivity (Wildman–Crippen MR) is 341 cm³/mol. The van der Waals surface area contributed by atoms with E-state index in [1.807, 2.05) is 152 Å². The molecule has 3 N–H and O–H groups in total. The molecule has 10 nitrogen and oxygen atoms in total. The first-order valence-electron chi connectivity index (χ1n) is 24.0. The summed E-state index contributed by atoms with van der Waals surface area (Å²) in [4.78, 5) is 61.1. The number of fused-ring (bicyclic) bond motifs is 5. The molecule has 0 amide bonds. The van der Waals surface area contributed by atoms with Gasteiger partial charge in [0.05, 0.1) is 11.5 Å². The Bertz CT molecular complexity index is 3980. The lowest BCUT2D eigenvalue weighted by atomic mass is 10.0. The molecule has 0 saturated heterocycles. The fraction of sp³-hybridized carbons (Fsp3) is 0.0794. The number of oxazole rings is 1. The Morgan fingerprint density at radius 3 is 1.22 bits per heavy atom. The lowest BCUT2D eigenvalue weighted by Crippen LogP contribution is -2.12. The molecule has 0 aliphatic carbocycles. The third-order valence-electron chi connectivity index (χ3n) is 12.0. The van der Waals surface area contributed by atoms with Crippen LogP contribution in [0.4, 0.5) is 6.01 Å². The van der Waals surface area contributed by atoms with E-state index >= 15 is 0 Å². The normalized spacial score (nSPS) is 10.5. The lowest BCUT2D eigenvalue weighted by molar-refractivity contribution is -0.139. The van der Waals surface area contributed by atoms with Crippen LogP contribution in [0.5, 0.6) is 0 Å². The summed E-state index contributed by atoms with van der Waals surface area (Å²) in [6, 6.07) is 58.3. The van der Waals surface area contributed by atoms with Crippen LogP contribution in [0.25, 0.3) is 65.2 Å². The molecule has 79 heavy (non-hydrogen) atoms. The van der Waals surface area contributed by atoms with Crippen molar-refractivity contribution >= 4 is 185 Å². The molecule has 11 aromatic rings. The Balaban J connectivity index is 0.000000161. The monoisotopic (exact) mass is 1430 g/mol. The van der Waals surface area contributed by atoms with Gasteiger partial charge in [-0.1, -0.05) is 217 Å². The molecule has 10 aromatic carbocycles. The molecule has 0 bridgehead atoms. The third-order valence-corrected chi connectivity index (χ3v) is 14.9. The number of carbonyl (C=O) groups excluding carboxylic acids is 5. The van der Waals surface area contributed by atoms with Crippen LogP contribution in [0.1, 0.15) is 56.7 Å². The number of benzene rings is 10. The number of hydrogen-bond acceptors (Lipinski definition) is 10. The largest absolute Gasteiger partial charge is 0.457 e. The Morgan fingerprint density at radius 2 is 0.848 bits per heavy atom. The van der Waals surface area contributed by atoms with Gasteiger partial charge in [-0.2, -0.15) is 0 Å². The second kappa shape index (κ2) is 28.6. The van der Waals surface area contributed by atoms with Crippen molar-refractivity contribution in [2.75, 3.05) is 24.3 Å². The van der Waals surface area contributed by atoms with Gasteiger partial charge >= 0.3 is 5.97 Å². The molecule has 0 aliphatic heterocycles. The van der Waals surface area contributed by atoms with Gasteiger partial charge in [0, 0.05) is 58.5 Å². The Kier molecular flexibility index (Phi) is 21.8. The van der Waals surface area contributed by atoms with Crippen molar-refractivity contribution in [2.24, 2.45) is 0 Å². The number of nitrogen functional groups attached to an aromatic ring is 1. The molecule has 0 atom stereocenters. The second-order valence-electron chi connectivity index (χ2n) is 17.3. The summed E-state index contributed by atoms with van der Waals surface area (Å²) in [5.74, 6) is -0.00373. The molecule has 11 rings (SSSR count). The quantitative estimate of drug-likeness (QED) is 0.0806. The van der Waals surface area contributed by atoms with Crippen LogP contribution in [0, 0.1) is 0 Å². The van der Waals surface area contributed by atoms with E-state index in [1.165, 1.54) is 6.92 Å². The van der Waals surface area contributed by atoms with Crippen molar-refractivity contribution in [3.8, 4) is 11.3 Å². The number of halogens is 6. The number of Topliss-reactive ketones (excluding diaryl/α,β-unsaturated/α-hetero) is 4. The number of ether oxygens (including phenoxy) is 1. The summed E-state index contributed by atoms with van der Waals surface area (Å²) in [5.41, 5.74) is 9.18. The average Bonchev–Trinajstić information content (AvgIpc) is 3.89. The third kappa shape index (κ3) is 16.1. The highest BCUT2D eigenvalue weighted by Gasteiger charge is 2.14. The first-order chi connectivity index (χ1) is 37.9. The van der Waals surface area contributed by atoms with E-state index in [0.717, 1.165) is 92.9 Å². The van der Waals surface area contributed by atoms with E-state index in [4.69, 9.17) is 20.0 Å². The number of anilines is 1. The molecule has 0 unspecified atom stereocenters. The van der Waals surface area contributed by atoms with Gasteiger partial charge in [-0.05, 0) is 121 Å². The molecule has 0 aliphatic rings. The molecule has 1 aromatic heterocycles. The van der Waals surface area contributed by atoms with Crippen molar-refractivity contribution in [2.45, 2.75) is 13.8 Å². The molecule has 1 heterocycles. The summed E-state index contributed by atoms with van der Waals surface area (Å²) in [6.07, 6.45) is 1.64. The standard InChI is InChI=1S/C14H11BrO3.C13H9BrN2O.C12H8Br2O.C12H9BrO2.C12H9BrO.H2/c1-9(16)18-8-14(17)12-4-2-3-10-5-6-11(15)7-13(10)12;14-9-5-4-8-2-1-3-10(11(8)6-9)12-7-16-13(15)17-12;13-7-12(15)10-3-1-2-8-4-5-9(14)6-11(8)10;13-9-5-4-8-2-1-3-10(11(8)6-9)12(15)7-14;1-8(14)11-4-2-3-9-5-6-10(13)7-12(9)11;/h2-7H,8H2,1H3;1-7H,(H2,15,16);1-6H,7H2;1-6,14H,7H2;2-7H,1H3;1H/i;;;;;1+1. The van der Waals surface area contributed by atoms with Gasteiger partial charge < -0.3 is 20.0 Å². The number of rotatable bonds is 9. The first kappa shape index (κ1) is 60.1. The second-order valence-corrected chi connectivity index (χ2v) is 22.5. The zero-order chi connectivity index (χ0) is 56.8. The molecule has 16 heteroatoms. The van der Waals surface area contributed by atoms with Crippen molar-refractivity contribution in [1.29, 1.82) is 0 Å². The SMILES string of the molecule is CC(=O)OCC(=O)c1cccc2ccc(Br)cc12.CC(=O)c1cccc2ccc(Br)cc12.Nc1ncc(-c2cccc3ccc(Br)cc23)o1.O=C(CBr)c1cccc2ccc(Br)cc12.O=C(CO)c1cccc2ccc(Br)cc12.[2HH]. The topological polar surface area (TPSA) is 167 Å².